The van der Waals surface area contributed by atoms with E-state index in [0.29, 0.717) is 5.75 Å². The maximum absolute atomic E-state index is 9.91. The first-order chi connectivity index (χ1) is 6.70. The van der Waals surface area contributed by atoms with E-state index in [1.807, 2.05) is 25.1 Å². The lowest BCUT2D eigenvalue weighted by Crippen LogP contribution is -2.10. The summed E-state index contributed by atoms with van der Waals surface area (Å²) >= 11 is 0. The minimum atomic E-state index is -0.0356. The van der Waals surface area contributed by atoms with E-state index in [2.05, 4.69) is 6.92 Å². The highest BCUT2D eigenvalue weighted by atomic mass is 16.3. The van der Waals surface area contributed by atoms with Crippen molar-refractivity contribution in [3.63, 3.8) is 0 Å². The maximum Gasteiger partial charge on any atom is 0.123 e. The summed E-state index contributed by atoms with van der Waals surface area (Å²) in [5.74, 6) is 0.385. The normalized spacial score (nSPS) is 12.8. The minimum absolute atomic E-state index is 0.0356. The van der Waals surface area contributed by atoms with Crippen LogP contribution >= 0.6 is 0 Å². The third kappa shape index (κ3) is 2.26. The monoisotopic (exact) mass is 193 g/mol. The molecule has 0 aliphatic heterocycles. The molecule has 0 saturated carbocycles. The van der Waals surface area contributed by atoms with Crippen molar-refractivity contribution in [2.75, 3.05) is 0 Å². The van der Waals surface area contributed by atoms with Gasteiger partial charge in [-0.25, -0.2) is 0 Å². The number of aromatic hydroxyl groups is 1. The second-order valence-electron chi connectivity index (χ2n) is 3.60. The minimum Gasteiger partial charge on any atom is -0.507 e. The Bertz CT molecular complexity index is 296. The zero-order valence-corrected chi connectivity index (χ0v) is 8.96. The molecule has 0 aliphatic carbocycles. The van der Waals surface area contributed by atoms with Crippen LogP contribution in [-0.4, -0.2) is 5.11 Å². The summed E-state index contributed by atoms with van der Waals surface area (Å²) in [6.45, 7) is 4.13. The molecule has 1 atom stereocenters. The second-order valence-corrected chi connectivity index (χ2v) is 3.60. The summed E-state index contributed by atoms with van der Waals surface area (Å²) in [5, 5.41) is 9.91. The Morgan fingerprint density at radius 3 is 2.64 bits per heavy atom. The molecule has 78 valence electrons. The fraction of sp³-hybridized carbons (Fsp3) is 0.500. The summed E-state index contributed by atoms with van der Waals surface area (Å²) in [6, 6.07) is 5.78. The molecule has 0 unspecified atom stereocenters. The van der Waals surface area contributed by atoms with Gasteiger partial charge in [-0.05, 0) is 18.4 Å². The number of hydrogen-bond acceptors (Lipinski definition) is 2. The van der Waals surface area contributed by atoms with E-state index in [-0.39, 0.29) is 6.04 Å². The number of aryl methyl sites for hydroxylation is 1. The lowest BCUT2D eigenvalue weighted by Gasteiger charge is -2.14. The Hall–Kier alpha value is -1.02. The van der Waals surface area contributed by atoms with E-state index in [4.69, 9.17) is 5.73 Å². The van der Waals surface area contributed by atoms with Gasteiger partial charge in [-0.15, -0.1) is 0 Å². The van der Waals surface area contributed by atoms with Crippen LogP contribution in [0.4, 0.5) is 0 Å². The Kier molecular flexibility index (Phi) is 3.96. The second kappa shape index (κ2) is 5.01. The molecule has 0 fully saturated rings. The number of rotatable bonds is 4. The molecule has 0 radical (unpaired) electrons. The standard InChI is InChI=1S/C12H19NO/c1-3-6-11(13)10-8-5-7-9(4-2)12(10)14/h5,7-8,11,14H,3-4,6,13H2,1-2H3/t11-/m0/s1. The number of nitrogens with two attached hydrogens (primary N) is 1. The first-order valence-electron chi connectivity index (χ1n) is 5.27. The van der Waals surface area contributed by atoms with Gasteiger partial charge in [0, 0.05) is 11.6 Å². The van der Waals surface area contributed by atoms with Crippen LogP contribution in [0.25, 0.3) is 0 Å². The largest absolute Gasteiger partial charge is 0.507 e. The molecule has 3 N–H and O–H groups in total. The lowest BCUT2D eigenvalue weighted by atomic mass is 9.98. The van der Waals surface area contributed by atoms with E-state index in [0.717, 1.165) is 30.4 Å². The molecule has 2 heteroatoms. The number of hydrogen-bond donors (Lipinski definition) is 2. The van der Waals surface area contributed by atoms with E-state index < -0.39 is 0 Å². The van der Waals surface area contributed by atoms with Crippen molar-refractivity contribution in [1.29, 1.82) is 0 Å². The van der Waals surface area contributed by atoms with E-state index in [9.17, 15) is 5.11 Å². The third-order valence-corrected chi connectivity index (χ3v) is 2.53. The number of benzene rings is 1. The SMILES string of the molecule is CCC[C@H](N)c1cccc(CC)c1O. The van der Waals surface area contributed by atoms with Crippen LogP contribution in [0.15, 0.2) is 18.2 Å². The molecule has 0 spiro atoms. The molecule has 14 heavy (non-hydrogen) atoms. The van der Waals surface area contributed by atoms with Crippen LogP contribution in [0.1, 0.15) is 43.9 Å². The molecular weight excluding hydrogens is 174 g/mol. The van der Waals surface area contributed by atoms with Gasteiger partial charge in [0.1, 0.15) is 5.75 Å². The van der Waals surface area contributed by atoms with Crippen LogP contribution in [0.5, 0.6) is 5.75 Å². The Balaban J connectivity index is 2.96. The molecule has 1 rings (SSSR count). The average Bonchev–Trinajstić information content (AvgIpc) is 2.18. The van der Waals surface area contributed by atoms with Crippen LogP contribution in [0, 0.1) is 0 Å². The Morgan fingerprint density at radius 1 is 1.36 bits per heavy atom. The fourth-order valence-electron chi connectivity index (χ4n) is 1.66. The van der Waals surface area contributed by atoms with Gasteiger partial charge < -0.3 is 10.8 Å². The Labute approximate surface area is 85.8 Å². The van der Waals surface area contributed by atoms with E-state index in [1.165, 1.54) is 0 Å². The van der Waals surface area contributed by atoms with E-state index >= 15 is 0 Å². The Morgan fingerprint density at radius 2 is 2.07 bits per heavy atom. The van der Waals surface area contributed by atoms with Gasteiger partial charge in [0.25, 0.3) is 0 Å². The maximum atomic E-state index is 9.91. The predicted molar refractivity (Wildman–Crippen MR) is 59.3 cm³/mol. The smallest absolute Gasteiger partial charge is 0.123 e. The summed E-state index contributed by atoms with van der Waals surface area (Å²) in [7, 11) is 0. The molecule has 0 bridgehead atoms. The first-order valence-corrected chi connectivity index (χ1v) is 5.27. The van der Waals surface area contributed by atoms with Crippen molar-refractivity contribution in [2.24, 2.45) is 5.73 Å². The molecule has 0 aromatic heterocycles. The van der Waals surface area contributed by atoms with Gasteiger partial charge in [0.05, 0.1) is 0 Å². The van der Waals surface area contributed by atoms with Crippen molar-refractivity contribution < 1.29 is 5.11 Å². The summed E-state index contributed by atoms with van der Waals surface area (Å²) in [5.41, 5.74) is 7.83. The molecule has 0 aliphatic rings. The molecule has 1 aromatic carbocycles. The molecule has 1 aromatic rings. The van der Waals surface area contributed by atoms with Gasteiger partial charge in [0.2, 0.25) is 0 Å². The van der Waals surface area contributed by atoms with E-state index in [1.54, 1.807) is 0 Å². The van der Waals surface area contributed by atoms with Gasteiger partial charge in [-0.1, -0.05) is 38.5 Å². The van der Waals surface area contributed by atoms with Gasteiger partial charge >= 0.3 is 0 Å². The quantitative estimate of drug-likeness (QED) is 0.772. The fourth-order valence-corrected chi connectivity index (χ4v) is 1.66. The number of para-hydroxylation sites is 1. The van der Waals surface area contributed by atoms with Crippen molar-refractivity contribution in [1.82, 2.24) is 0 Å². The average molecular weight is 193 g/mol. The van der Waals surface area contributed by atoms with Crippen LogP contribution < -0.4 is 5.73 Å². The lowest BCUT2D eigenvalue weighted by molar-refractivity contribution is 0.452. The third-order valence-electron chi connectivity index (χ3n) is 2.53. The first kappa shape index (κ1) is 11.1. The summed E-state index contributed by atoms with van der Waals surface area (Å²) in [6.07, 6.45) is 2.80. The molecule has 0 amide bonds. The van der Waals surface area contributed by atoms with Crippen molar-refractivity contribution in [2.45, 2.75) is 39.2 Å². The summed E-state index contributed by atoms with van der Waals surface area (Å²) < 4.78 is 0. The molecule has 0 saturated heterocycles. The van der Waals surface area contributed by atoms with Crippen molar-refractivity contribution in [3.05, 3.63) is 29.3 Å². The van der Waals surface area contributed by atoms with Crippen LogP contribution in [-0.2, 0) is 6.42 Å². The highest BCUT2D eigenvalue weighted by Crippen LogP contribution is 2.29. The van der Waals surface area contributed by atoms with Gasteiger partial charge in [-0.2, -0.15) is 0 Å². The topological polar surface area (TPSA) is 46.2 Å². The number of phenolic OH excluding ortho intramolecular Hbond substituents is 1. The zero-order valence-electron chi connectivity index (χ0n) is 8.96. The molecular formula is C12H19NO. The number of phenols is 1. The van der Waals surface area contributed by atoms with Crippen molar-refractivity contribution in [3.8, 4) is 5.75 Å². The highest BCUT2D eigenvalue weighted by molar-refractivity contribution is 5.42. The van der Waals surface area contributed by atoms with Crippen molar-refractivity contribution >= 4 is 0 Å². The van der Waals surface area contributed by atoms with Crippen LogP contribution in [0.3, 0.4) is 0 Å². The van der Waals surface area contributed by atoms with Gasteiger partial charge in [0.15, 0.2) is 0 Å². The zero-order chi connectivity index (χ0) is 10.6. The molecule has 2 nitrogen and oxygen atoms in total. The highest BCUT2D eigenvalue weighted by Gasteiger charge is 2.11. The predicted octanol–water partition coefficient (Wildman–Crippen LogP) is 2.75. The van der Waals surface area contributed by atoms with Gasteiger partial charge in [-0.3, -0.25) is 0 Å². The molecule has 0 heterocycles. The summed E-state index contributed by atoms with van der Waals surface area (Å²) in [4.78, 5) is 0. The van der Waals surface area contributed by atoms with Crippen LogP contribution in [0.2, 0.25) is 0 Å².